The first kappa shape index (κ1) is 16.7. The molecule has 0 aliphatic rings. The van der Waals surface area contributed by atoms with Crippen LogP contribution >= 0.6 is 0 Å². The normalized spacial score (nSPS) is 10.9. The molecule has 6 heteroatoms. The van der Waals surface area contributed by atoms with Gasteiger partial charge in [-0.25, -0.2) is 4.39 Å². The van der Waals surface area contributed by atoms with E-state index in [-0.39, 0.29) is 16.6 Å². The summed E-state index contributed by atoms with van der Waals surface area (Å²) in [5.74, 6) is -1.34. The van der Waals surface area contributed by atoms with E-state index in [1.807, 2.05) is 12.1 Å². The molecule has 1 amide bonds. The van der Waals surface area contributed by atoms with Crippen molar-refractivity contribution in [2.75, 3.05) is 0 Å². The second-order valence-electron chi connectivity index (χ2n) is 6.03. The number of benzene rings is 2. The van der Waals surface area contributed by atoms with Gasteiger partial charge in [-0.15, -0.1) is 0 Å². The quantitative estimate of drug-likeness (QED) is 0.610. The largest absolute Gasteiger partial charge is 0.365 e. The lowest BCUT2D eigenvalue weighted by atomic mass is 10.0. The Kier molecular flexibility index (Phi) is 4.01. The number of rotatable bonds is 3. The van der Waals surface area contributed by atoms with E-state index in [1.54, 1.807) is 48.8 Å². The highest BCUT2D eigenvalue weighted by atomic mass is 19.1. The molecule has 5 nitrogen and oxygen atoms in total. The van der Waals surface area contributed by atoms with Crippen LogP contribution in [0.4, 0.5) is 4.39 Å². The topological polar surface area (TPSA) is 78.0 Å². The number of nitrogens with two attached hydrogens (primary N) is 1. The van der Waals surface area contributed by atoms with Crippen LogP contribution in [0.2, 0.25) is 0 Å². The Morgan fingerprint density at radius 1 is 1.00 bits per heavy atom. The third kappa shape index (κ3) is 2.87. The Hall–Kier alpha value is -3.80. The first-order valence-corrected chi connectivity index (χ1v) is 8.21. The molecular formula is C21H14FN3O2. The maximum atomic E-state index is 14.4. The van der Waals surface area contributed by atoms with Gasteiger partial charge in [-0.2, -0.15) is 0 Å². The summed E-state index contributed by atoms with van der Waals surface area (Å²) in [6.07, 6.45) is 4.63. The number of nitrogens with zero attached hydrogens (tertiary/aromatic N) is 2. The van der Waals surface area contributed by atoms with Crippen LogP contribution in [0.25, 0.3) is 27.7 Å². The van der Waals surface area contributed by atoms with Crippen LogP contribution < -0.4 is 11.2 Å². The molecule has 0 unspecified atom stereocenters. The van der Waals surface area contributed by atoms with Crippen LogP contribution in [0, 0.1) is 5.82 Å². The molecule has 4 aromatic rings. The number of amides is 1. The Bertz CT molecular complexity index is 1230. The zero-order chi connectivity index (χ0) is 19.0. The summed E-state index contributed by atoms with van der Waals surface area (Å²) in [5.41, 5.74) is 7.12. The van der Waals surface area contributed by atoms with E-state index in [0.29, 0.717) is 5.52 Å². The molecule has 2 heterocycles. The number of carbonyl (C=O) groups excluding carboxylic acids is 1. The van der Waals surface area contributed by atoms with Gasteiger partial charge in [-0.1, -0.05) is 18.2 Å². The first-order valence-electron chi connectivity index (χ1n) is 8.21. The van der Waals surface area contributed by atoms with Gasteiger partial charge in [0.1, 0.15) is 11.4 Å². The zero-order valence-corrected chi connectivity index (χ0v) is 14.1. The molecule has 0 saturated heterocycles. The number of aromatic nitrogens is 2. The van der Waals surface area contributed by atoms with E-state index in [0.717, 1.165) is 11.1 Å². The predicted octanol–water partition coefficient (Wildman–Crippen LogP) is 3.29. The number of halogens is 1. The molecule has 0 bridgehead atoms. The average Bonchev–Trinajstić information content (AvgIpc) is 2.69. The third-order valence-electron chi connectivity index (χ3n) is 4.40. The number of para-hydroxylation sites is 1. The fourth-order valence-corrected chi connectivity index (χ4v) is 3.07. The van der Waals surface area contributed by atoms with Crippen LogP contribution in [0.1, 0.15) is 10.4 Å². The van der Waals surface area contributed by atoms with Crippen molar-refractivity contribution in [1.29, 1.82) is 0 Å². The van der Waals surface area contributed by atoms with Gasteiger partial charge in [0.25, 0.3) is 5.91 Å². The molecule has 132 valence electrons. The van der Waals surface area contributed by atoms with Crippen LogP contribution in [0.5, 0.6) is 0 Å². The highest BCUT2D eigenvalue weighted by Gasteiger charge is 2.16. The SMILES string of the molecule is NC(=O)c1cn(-c2ccccc2F)c2cc(-c3ccncc3)ccc2c1=O. The smallest absolute Gasteiger partial charge is 0.254 e. The van der Waals surface area contributed by atoms with Crippen LogP contribution in [0.3, 0.4) is 0 Å². The summed E-state index contributed by atoms with van der Waals surface area (Å²) in [6, 6.07) is 15.0. The summed E-state index contributed by atoms with van der Waals surface area (Å²) < 4.78 is 15.9. The van der Waals surface area contributed by atoms with Crippen LogP contribution in [-0.4, -0.2) is 15.5 Å². The van der Waals surface area contributed by atoms with E-state index in [2.05, 4.69) is 4.98 Å². The number of carbonyl (C=O) groups is 1. The molecule has 2 N–H and O–H groups in total. The third-order valence-corrected chi connectivity index (χ3v) is 4.40. The molecule has 0 fully saturated rings. The van der Waals surface area contributed by atoms with Gasteiger partial charge < -0.3 is 10.3 Å². The zero-order valence-electron chi connectivity index (χ0n) is 14.1. The highest BCUT2D eigenvalue weighted by Crippen LogP contribution is 2.26. The summed E-state index contributed by atoms with van der Waals surface area (Å²) in [5, 5.41) is 0.285. The van der Waals surface area contributed by atoms with Gasteiger partial charge in [0, 0.05) is 24.0 Å². The van der Waals surface area contributed by atoms with E-state index >= 15 is 0 Å². The summed E-state index contributed by atoms with van der Waals surface area (Å²) in [7, 11) is 0. The summed E-state index contributed by atoms with van der Waals surface area (Å²) >= 11 is 0. The second kappa shape index (κ2) is 6.49. The van der Waals surface area contributed by atoms with Gasteiger partial charge in [-0.05, 0) is 47.5 Å². The standard InChI is InChI=1S/C21H14FN3O2/c22-17-3-1-2-4-18(17)25-12-16(21(23)27)20(26)15-6-5-14(11-19(15)25)13-7-9-24-10-8-13/h1-12H,(H2,23,27). The van der Waals surface area contributed by atoms with Crippen molar-refractivity contribution in [3.05, 3.63) is 94.8 Å². The van der Waals surface area contributed by atoms with Gasteiger partial charge in [-0.3, -0.25) is 14.6 Å². The number of hydrogen-bond donors (Lipinski definition) is 1. The van der Waals surface area contributed by atoms with Crippen molar-refractivity contribution in [3.63, 3.8) is 0 Å². The predicted molar refractivity (Wildman–Crippen MR) is 101 cm³/mol. The number of hydrogen-bond acceptors (Lipinski definition) is 3. The molecule has 2 aromatic carbocycles. The van der Waals surface area contributed by atoms with Gasteiger partial charge in [0.2, 0.25) is 5.43 Å². The lowest BCUT2D eigenvalue weighted by Gasteiger charge is -2.14. The second-order valence-corrected chi connectivity index (χ2v) is 6.03. The highest BCUT2D eigenvalue weighted by molar-refractivity contribution is 5.97. The number of primary amides is 1. The van der Waals surface area contributed by atoms with Crippen molar-refractivity contribution in [3.8, 4) is 16.8 Å². The fourth-order valence-electron chi connectivity index (χ4n) is 3.07. The molecule has 4 rings (SSSR count). The Morgan fingerprint density at radius 3 is 2.44 bits per heavy atom. The van der Waals surface area contributed by atoms with Crippen molar-refractivity contribution in [2.45, 2.75) is 0 Å². The monoisotopic (exact) mass is 359 g/mol. The molecule has 27 heavy (non-hydrogen) atoms. The fraction of sp³-hybridized carbons (Fsp3) is 0. The maximum absolute atomic E-state index is 14.4. The number of pyridine rings is 2. The molecule has 0 spiro atoms. The van der Waals surface area contributed by atoms with Gasteiger partial charge in [0.05, 0.1) is 11.2 Å². The minimum absolute atomic E-state index is 0.192. The van der Waals surface area contributed by atoms with E-state index in [9.17, 15) is 14.0 Å². The minimum Gasteiger partial charge on any atom is -0.365 e. The lowest BCUT2D eigenvalue weighted by Crippen LogP contribution is -2.24. The Morgan fingerprint density at radius 2 is 1.74 bits per heavy atom. The van der Waals surface area contributed by atoms with Crippen molar-refractivity contribution >= 4 is 16.8 Å². The van der Waals surface area contributed by atoms with Crippen LogP contribution in [-0.2, 0) is 0 Å². The Balaban J connectivity index is 2.10. The lowest BCUT2D eigenvalue weighted by molar-refractivity contribution is 0.0999. The molecule has 0 aliphatic heterocycles. The minimum atomic E-state index is -0.856. The molecule has 0 radical (unpaired) electrons. The van der Waals surface area contributed by atoms with Crippen molar-refractivity contribution < 1.29 is 9.18 Å². The van der Waals surface area contributed by atoms with E-state index in [4.69, 9.17) is 5.73 Å². The van der Waals surface area contributed by atoms with Crippen molar-refractivity contribution in [1.82, 2.24) is 9.55 Å². The maximum Gasteiger partial charge on any atom is 0.254 e. The average molecular weight is 359 g/mol. The van der Waals surface area contributed by atoms with E-state index < -0.39 is 17.2 Å². The van der Waals surface area contributed by atoms with E-state index in [1.165, 1.54) is 16.8 Å². The van der Waals surface area contributed by atoms with Gasteiger partial charge in [0.15, 0.2) is 0 Å². The summed E-state index contributed by atoms with van der Waals surface area (Å²) in [6.45, 7) is 0. The molecule has 0 atom stereocenters. The Labute approximate surface area is 153 Å². The molecule has 0 saturated carbocycles. The number of fused-ring (bicyclic) bond motifs is 1. The summed E-state index contributed by atoms with van der Waals surface area (Å²) in [4.78, 5) is 28.4. The molecular weight excluding hydrogens is 345 g/mol. The molecule has 0 aliphatic carbocycles. The molecule has 2 aromatic heterocycles. The first-order chi connectivity index (χ1) is 13.1. The van der Waals surface area contributed by atoms with Gasteiger partial charge >= 0.3 is 0 Å². The van der Waals surface area contributed by atoms with Crippen LogP contribution in [0.15, 0.2) is 78.0 Å². The van der Waals surface area contributed by atoms with Crippen molar-refractivity contribution in [2.24, 2.45) is 5.73 Å².